The van der Waals surface area contributed by atoms with Gasteiger partial charge in [-0.05, 0) is 45.6 Å². The lowest BCUT2D eigenvalue weighted by Crippen LogP contribution is -2.45. The number of likely N-dealkylation sites (N-methyl/N-ethyl adjacent to an activating group) is 1. The Bertz CT molecular complexity index is 416. The molecule has 1 saturated heterocycles. The van der Waals surface area contributed by atoms with Crippen LogP contribution in [0.25, 0.3) is 0 Å². The molecule has 0 unspecified atom stereocenters. The SMILES string of the molecule is Cc1ccc(O)c(CNCCCN2CCN(C)CC2)n1. The fourth-order valence-electron chi connectivity index (χ4n) is 2.44. The molecule has 112 valence electrons. The van der Waals surface area contributed by atoms with Crippen LogP contribution in [0.2, 0.25) is 0 Å². The van der Waals surface area contributed by atoms with Crippen LogP contribution in [-0.2, 0) is 6.54 Å². The summed E-state index contributed by atoms with van der Waals surface area (Å²) in [4.78, 5) is 9.23. The van der Waals surface area contributed by atoms with E-state index in [1.165, 1.54) is 26.2 Å². The summed E-state index contributed by atoms with van der Waals surface area (Å²) in [5, 5.41) is 13.1. The topological polar surface area (TPSA) is 51.6 Å². The summed E-state index contributed by atoms with van der Waals surface area (Å²) in [5.41, 5.74) is 1.68. The standard InChI is InChI=1S/C15H26N4O/c1-13-4-5-15(20)14(17-13)12-16-6-3-7-19-10-8-18(2)9-11-19/h4-5,16,20H,3,6-12H2,1-2H3. The number of nitrogens with zero attached hydrogens (tertiary/aromatic N) is 3. The quantitative estimate of drug-likeness (QED) is 0.755. The van der Waals surface area contributed by atoms with Crippen molar-refractivity contribution in [1.29, 1.82) is 0 Å². The van der Waals surface area contributed by atoms with Crippen LogP contribution in [0.3, 0.4) is 0 Å². The van der Waals surface area contributed by atoms with Crippen LogP contribution in [0, 0.1) is 6.92 Å². The maximum Gasteiger partial charge on any atom is 0.138 e. The van der Waals surface area contributed by atoms with Crippen molar-refractivity contribution >= 4 is 0 Å². The molecule has 0 saturated carbocycles. The zero-order valence-electron chi connectivity index (χ0n) is 12.6. The number of piperazine rings is 1. The normalized spacial score (nSPS) is 17.5. The van der Waals surface area contributed by atoms with Gasteiger partial charge in [0.05, 0.1) is 5.69 Å². The van der Waals surface area contributed by atoms with E-state index in [-0.39, 0.29) is 5.75 Å². The Morgan fingerprint density at radius 2 is 2.00 bits per heavy atom. The number of aromatic nitrogens is 1. The maximum absolute atomic E-state index is 9.70. The first-order valence-corrected chi connectivity index (χ1v) is 7.42. The van der Waals surface area contributed by atoms with Crippen molar-refractivity contribution < 1.29 is 5.11 Å². The third-order valence-electron chi connectivity index (χ3n) is 3.81. The Balaban J connectivity index is 1.61. The van der Waals surface area contributed by atoms with Crippen LogP contribution in [0.4, 0.5) is 0 Å². The summed E-state index contributed by atoms with van der Waals surface area (Å²) in [7, 11) is 2.18. The molecular weight excluding hydrogens is 252 g/mol. The Labute approximate surface area is 121 Å². The van der Waals surface area contributed by atoms with E-state index in [1.54, 1.807) is 6.07 Å². The number of aromatic hydroxyl groups is 1. The van der Waals surface area contributed by atoms with Crippen LogP contribution in [0.1, 0.15) is 17.8 Å². The van der Waals surface area contributed by atoms with E-state index in [0.29, 0.717) is 6.54 Å². The summed E-state index contributed by atoms with van der Waals surface area (Å²) in [6.45, 7) is 9.39. The van der Waals surface area contributed by atoms with Gasteiger partial charge in [-0.15, -0.1) is 0 Å². The van der Waals surface area contributed by atoms with E-state index in [4.69, 9.17) is 0 Å². The van der Waals surface area contributed by atoms with Crippen molar-refractivity contribution in [3.8, 4) is 5.75 Å². The molecule has 1 aliphatic rings. The van der Waals surface area contributed by atoms with Gasteiger partial charge in [0.15, 0.2) is 0 Å². The van der Waals surface area contributed by atoms with Crippen molar-refractivity contribution in [2.75, 3.05) is 46.3 Å². The van der Waals surface area contributed by atoms with E-state index >= 15 is 0 Å². The van der Waals surface area contributed by atoms with Gasteiger partial charge in [0.1, 0.15) is 5.75 Å². The van der Waals surface area contributed by atoms with Gasteiger partial charge < -0.3 is 20.2 Å². The molecule has 0 bridgehead atoms. The second-order valence-corrected chi connectivity index (χ2v) is 5.59. The molecule has 0 radical (unpaired) electrons. The molecule has 0 aromatic carbocycles. The van der Waals surface area contributed by atoms with Gasteiger partial charge in [-0.25, -0.2) is 0 Å². The second-order valence-electron chi connectivity index (χ2n) is 5.59. The Kier molecular flexibility index (Phi) is 5.76. The minimum Gasteiger partial charge on any atom is -0.506 e. The minimum atomic E-state index is 0.280. The van der Waals surface area contributed by atoms with Crippen molar-refractivity contribution in [3.63, 3.8) is 0 Å². The second kappa shape index (κ2) is 7.57. The van der Waals surface area contributed by atoms with Crippen LogP contribution in [0.15, 0.2) is 12.1 Å². The van der Waals surface area contributed by atoms with E-state index in [1.807, 2.05) is 13.0 Å². The van der Waals surface area contributed by atoms with Crippen LogP contribution in [0.5, 0.6) is 5.75 Å². The monoisotopic (exact) mass is 278 g/mol. The molecule has 1 aromatic rings. The van der Waals surface area contributed by atoms with Gasteiger partial charge in [-0.1, -0.05) is 0 Å². The highest BCUT2D eigenvalue weighted by molar-refractivity contribution is 5.27. The number of aryl methyl sites for hydroxylation is 1. The maximum atomic E-state index is 9.70. The first-order chi connectivity index (χ1) is 9.65. The van der Waals surface area contributed by atoms with E-state index in [2.05, 4.69) is 27.1 Å². The first-order valence-electron chi connectivity index (χ1n) is 7.42. The predicted molar refractivity (Wildman–Crippen MR) is 80.9 cm³/mol. The zero-order chi connectivity index (χ0) is 14.4. The summed E-state index contributed by atoms with van der Waals surface area (Å²) in [5.74, 6) is 0.280. The molecule has 1 aliphatic heterocycles. The van der Waals surface area contributed by atoms with E-state index in [9.17, 15) is 5.11 Å². The molecule has 20 heavy (non-hydrogen) atoms. The molecule has 1 fully saturated rings. The molecule has 0 aliphatic carbocycles. The fourth-order valence-corrected chi connectivity index (χ4v) is 2.44. The highest BCUT2D eigenvalue weighted by atomic mass is 16.3. The van der Waals surface area contributed by atoms with Gasteiger partial charge in [0.2, 0.25) is 0 Å². The van der Waals surface area contributed by atoms with Gasteiger partial charge in [-0.3, -0.25) is 4.98 Å². The number of nitrogens with one attached hydrogen (secondary N) is 1. The third kappa shape index (κ3) is 4.74. The van der Waals surface area contributed by atoms with Crippen molar-refractivity contribution in [3.05, 3.63) is 23.5 Å². The number of pyridine rings is 1. The lowest BCUT2D eigenvalue weighted by atomic mass is 10.2. The number of rotatable bonds is 6. The van der Waals surface area contributed by atoms with E-state index in [0.717, 1.165) is 30.9 Å². The highest BCUT2D eigenvalue weighted by Crippen LogP contribution is 2.13. The molecule has 2 N–H and O–H groups in total. The van der Waals surface area contributed by atoms with Crippen LogP contribution >= 0.6 is 0 Å². The van der Waals surface area contributed by atoms with Crippen molar-refractivity contribution in [1.82, 2.24) is 20.1 Å². The van der Waals surface area contributed by atoms with Gasteiger partial charge in [0, 0.05) is 38.4 Å². The predicted octanol–water partition coefficient (Wildman–Crippen LogP) is 0.823. The average Bonchev–Trinajstić information content (AvgIpc) is 2.44. The summed E-state index contributed by atoms with van der Waals surface area (Å²) < 4.78 is 0. The van der Waals surface area contributed by atoms with Crippen LogP contribution < -0.4 is 5.32 Å². The van der Waals surface area contributed by atoms with Crippen molar-refractivity contribution in [2.45, 2.75) is 19.9 Å². The number of hydrogen-bond acceptors (Lipinski definition) is 5. The number of hydrogen-bond donors (Lipinski definition) is 2. The summed E-state index contributed by atoms with van der Waals surface area (Å²) >= 11 is 0. The molecule has 0 atom stereocenters. The van der Waals surface area contributed by atoms with Gasteiger partial charge in [-0.2, -0.15) is 0 Å². The fraction of sp³-hybridized carbons (Fsp3) is 0.667. The molecule has 2 rings (SSSR count). The Morgan fingerprint density at radius 3 is 2.75 bits per heavy atom. The molecule has 0 amide bonds. The largest absolute Gasteiger partial charge is 0.506 e. The van der Waals surface area contributed by atoms with Crippen molar-refractivity contribution in [2.24, 2.45) is 0 Å². The van der Waals surface area contributed by atoms with Gasteiger partial charge >= 0.3 is 0 Å². The molecule has 5 heteroatoms. The molecule has 0 spiro atoms. The molecule has 2 heterocycles. The van der Waals surface area contributed by atoms with E-state index < -0.39 is 0 Å². The molecule has 1 aromatic heterocycles. The molecular formula is C15H26N4O. The minimum absolute atomic E-state index is 0.280. The first kappa shape index (κ1) is 15.2. The molecule has 5 nitrogen and oxygen atoms in total. The smallest absolute Gasteiger partial charge is 0.138 e. The van der Waals surface area contributed by atoms with Gasteiger partial charge in [0.25, 0.3) is 0 Å². The third-order valence-corrected chi connectivity index (χ3v) is 3.81. The van der Waals surface area contributed by atoms with Crippen LogP contribution in [-0.4, -0.2) is 66.2 Å². The average molecular weight is 278 g/mol. The highest BCUT2D eigenvalue weighted by Gasteiger charge is 2.12. The zero-order valence-corrected chi connectivity index (χ0v) is 12.6. The Morgan fingerprint density at radius 1 is 1.25 bits per heavy atom. The summed E-state index contributed by atoms with van der Waals surface area (Å²) in [6.07, 6.45) is 1.14. The Hall–Kier alpha value is -1.17. The lowest BCUT2D eigenvalue weighted by molar-refractivity contribution is 0.152. The summed E-state index contributed by atoms with van der Waals surface area (Å²) in [6, 6.07) is 3.54. The lowest BCUT2D eigenvalue weighted by Gasteiger charge is -2.32.